The molecule has 4 aromatic rings. The van der Waals surface area contributed by atoms with Gasteiger partial charge in [-0.3, -0.25) is 12.2 Å². The average Bonchev–Trinajstić information content (AvgIpc) is 3.92. The van der Waals surface area contributed by atoms with Gasteiger partial charge in [-0.25, -0.2) is 24.3 Å². The van der Waals surface area contributed by atoms with Crippen LogP contribution in [0.3, 0.4) is 0 Å². The minimum Gasteiger partial charge on any atom is -1.00 e. The van der Waals surface area contributed by atoms with Gasteiger partial charge in [0.15, 0.2) is 0 Å². The van der Waals surface area contributed by atoms with E-state index < -0.39 is 0 Å². The largest absolute Gasteiger partial charge is 1.00 e. The molecular weight excluding hydrogens is 834 g/mol. The Hall–Kier alpha value is -2.47. The number of rotatable bonds is 2. The molecule has 0 amide bonds. The standard InChI is InChI=1S/2C15H14N.2C5H5.2C3H6.2ClH.2Zr/c2*1-16(2)14-9-5-7-12-10-11-6-3-4-8-13(11)15(12)14;2*1-2-4-5-3-1;2*1-3-2;;;;/h2*3-6,8-9H,10H2,1-2H3;2*1-3H,4H2;2*1-2H3;2*1H;;/q4*-1;;;;;2*+2/p-2. The first-order valence-electron chi connectivity index (χ1n) is 17.1. The molecule has 0 unspecified atom stereocenters. The Bertz CT molecular complexity index is 1690. The van der Waals surface area contributed by atoms with E-state index in [9.17, 15) is 0 Å². The van der Waals surface area contributed by atoms with Crippen molar-refractivity contribution in [3.05, 3.63) is 156 Å². The van der Waals surface area contributed by atoms with E-state index in [1.807, 2.05) is 36.4 Å². The van der Waals surface area contributed by atoms with Crippen LogP contribution < -0.4 is 34.6 Å². The van der Waals surface area contributed by atoms with Crippen molar-refractivity contribution in [2.45, 2.75) is 53.4 Å². The van der Waals surface area contributed by atoms with Crippen molar-refractivity contribution in [3.63, 3.8) is 0 Å². The molecule has 6 heteroatoms. The van der Waals surface area contributed by atoms with Crippen LogP contribution in [-0.2, 0) is 61.3 Å². The molecule has 0 spiro atoms. The van der Waals surface area contributed by atoms with Crippen molar-refractivity contribution in [2.75, 3.05) is 38.0 Å². The summed E-state index contributed by atoms with van der Waals surface area (Å²) in [7, 11) is 8.38. The van der Waals surface area contributed by atoms with Gasteiger partial charge >= 0.3 is 82.6 Å². The van der Waals surface area contributed by atoms with Crippen molar-refractivity contribution in [1.29, 1.82) is 0 Å². The molecule has 2 nitrogen and oxygen atoms in total. The number of anilines is 2. The molecule has 0 aliphatic heterocycles. The van der Waals surface area contributed by atoms with Crippen molar-refractivity contribution >= 4 is 17.8 Å². The number of halogens is 2. The molecule has 0 atom stereocenters. The molecule has 4 aromatic carbocycles. The summed E-state index contributed by atoms with van der Waals surface area (Å²) in [5.74, 6) is 0. The summed E-state index contributed by atoms with van der Waals surface area (Å²) in [6.07, 6.45) is 22.0. The molecule has 0 saturated heterocycles. The average molecular weight is 884 g/mol. The maximum Gasteiger partial charge on any atom is -0.109 e. The zero-order chi connectivity index (χ0) is 36.5. The van der Waals surface area contributed by atoms with E-state index in [0.717, 1.165) is 25.7 Å². The molecule has 0 aromatic heterocycles. The number of hydrogen-bond acceptors (Lipinski definition) is 2. The van der Waals surface area contributed by atoms with Crippen LogP contribution in [0.2, 0.25) is 0 Å². The van der Waals surface area contributed by atoms with E-state index in [1.54, 1.807) is 48.5 Å². The summed E-state index contributed by atoms with van der Waals surface area (Å²) in [5.41, 5.74) is 13.5. The van der Waals surface area contributed by atoms with Crippen molar-refractivity contribution in [1.82, 2.24) is 0 Å². The first-order chi connectivity index (χ1) is 24.0. The fourth-order valence-corrected chi connectivity index (χ4v) is 5.59. The van der Waals surface area contributed by atoms with Crippen LogP contribution in [0.15, 0.2) is 109 Å². The maximum absolute atomic E-state index is 3.36. The van der Waals surface area contributed by atoms with E-state index in [2.05, 4.69) is 163 Å². The molecule has 0 N–H and O–H groups in total. The molecule has 0 heterocycles. The normalized spacial score (nSPS) is 11.9. The van der Waals surface area contributed by atoms with Gasteiger partial charge in [0.1, 0.15) is 0 Å². The zero-order valence-corrected chi connectivity index (χ0v) is 38.3. The van der Waals surface area contributed by atoms with E-state index in [-0.39, 0.29) is 24.8 Å². The molecule has 268 valence electrons. The van der Waals surface area contributed by atoms with E-state index in [0.29, 0.717) is 0 Å². The predicted molar refractivity (Wildman–Crippen MR) is 212 cm³/mol. The first kappa shape index (κ1) is 47.5. The summed E-state index contributed by atoms with van der Waals surface area (Å²) in [6.45, 7) is 8.49. The second kappa shape index (κ2) is 25.5. The summed E-state index contributed by atoms with van der Waals surface area (Å²) >= 11 is 3.11. The molecule has 0 saturated carbocycles. The minimum absolute atomic E-state index is 0. The topological polar surface area (TPSA) is 6.48 Å². The Kier molecular flexibility index (Phi) is 23.3. The molecule has 4 aliphatic rings. The van der Waals surface area contributed by atoms with Crippen LogP contribution in [0.25, 0.3) is 22.3 Å². The molecular formula is C46H50Cl2N2Zr2-2. The third kappa shape index (κ3) is 15.5. The third-order valence-corrected chi connectivity index (χ3v) is 7.56. The van der Waals surface area contributed by atoms with Gasteiger partial charge in [0.2, 0.25) is 0 Å². The molecule has 52 heavy (non-hydrogen) atoms. The van der Waals surface area contributed by atoms with Gasteiger partial charge in [0.25, 0.3) is 0 Å². The van der Waals surface area contributed by atoms with Crippen molar-refractivity contribution < 1.29 is 73.3 Å². The Morgan fingerprint density at radius 1 is 0.558 bits per heavy atom. The van der Waals surface area contributed by atoms with Crippen LogP contribution in [0.1, 0.15) is 62.8 Å². The minimum atomic E-state index is 0. The number of nitrogens with zero attached hydrogens (tertiary/aromatic N) is 2. The van der Waals surface area contributed by atoms with Crippen molar-refractivity contribution in [2.24, 2.45) is 0 Å². The SMILES string of the molecule is CN(C)c1cc[c-]c2c1-c1ccccc1C2.CN(C)c1cc[c-]c2c1-c1ccccc1C2.C[C](C)=[Zr+2].C[C](C)=[Zr+2].[C-]1=CC=CC1.[C-]1=CC=CC1.[Cl-].[Cl-]. The Morgan fingerprint density at radius 2 is 0.904 bits per heavy atom. The van der Waals surface area contributed by atoms with E-state index in [4.69, 9.17) is 0 Å². The smallest absolute Gasteiger partial charge is 0.109 e. The van der Waals surface area contributed by atoms with Gasteiger partial charge in [-0.1, -0.05) is 82.2 Å². The number of allylic oxidation sites excluding steroid dienone is 8. The summed E-state index contributed by atoms with van der Waals surface area (Å²) < 4.78 is 3.01. The Labute approximate surface area is 357 Å². The number of benzene rings is 4. The van der Waals surface area contributed by atoms with Crippen molar-refractivity contribution in [3.8, 4) is 22.3 Å². The van der Waals surface area contributed by atoms with Gasteiger partial charge in [0.05, 0.1) is 0 Å². The Balaban J connectivity index is 0.000000348. The third-order valence-electron chi connectivity index (χ3n) is 7.56. The molecule has 0 radical (unpaired) electrons. The van der Waals surface area contributed by atoms with Crippen LogP contribution in [-0.4, -0.2) is 34.6 Å². The second-order valence-corrected chi connectivity index (χ2v) is 17.8. The monoisotopic (exact) mass is 880 g/mol. The predicted octanol–water partition coefficient (Wildman–Crippen LogP) is 4.36. The summed E-state index contributed by atoms with van der Waals surface area (Å²) in [6, 6.07) is 32.4. The van der Waals surface area contributed by atoms with Gasteiger partial charge < -0.3 is 34.6 Å². The number of hydrogen-bond donors (Lipinski definition) is 0. The van der Waals surface area contributed by atoms with Gasteiger partial charge in [0, 0.05) is 28.2 Å². The maximum atomic E-state index is 3.36. The molecule has 4 aliphatic carbocycles. The second-order valence-electron chi connectivity index (χ2n) is 12.9. The molecule has 8 rings (SSSR count). The fraction of sp³-hybridized carbons (Fsp3) is 0.261. The quantitative estimate of drug-likeness (QED) is 0.239. The van der Waals surface area contributed by atoms with Gasteiger partial charge in [-0.2, -0.15) is 36.4 Å². The van der Waals surface area contributed by atoms with E-state index in [1.165, 1.54) is 62.3 Å². The van der Waals surface area contributed by atoms with Crippen LogP contribution >= 0.6 is 0 Å². The fourth-order valence-electron chi connectivity index (χ4n) is 5.59. The van der Waals surface area contributed by atoms with Gasteiger partial charge in [-0.15, -0.1) is 47.2 Å². The van der Waals surface area contributed by atoms with E-state index >= 15 is 0 Å². The summed E-state index contributed by atoms with van der Waals surface area (Å²) in [4.78, 5) is 4.35. The van der Waals surface area contributed by atoms with Crippen LogP contribution in [0, 0.1) is 24.3 Å². The van der Waals surface area contributed by atoms with Crippen LogP contribution in [0.4, 0.5) is 11.4 Å². The van der Waals surface area contributed by atoms with Gasteiger partial charge in [-0.05, 0) is 12.8 Å². The molecule has 0 bridgehead atoms. The van der Waals surface area contributed by atoms with Crippen LogP contribution in [0.5, 0.6) is 0 Å². The summed E-state index contributed by atoms with van der Waals surface area (Å²) in [5, 5.41) is 0. The molecule has 0 fully saturated rings. The Morgan fingerprint density at radius 3 is 1.17 bits per heavy atom. The zero-order valence-electron chi connectivity index (χ0n) is 31.9. The first-order valence-corrected chi connectivity index (χ1v) is 19.5. The number of fused-ring (bicyclic) bond motifs is 6.